The molecule has 142 valence electrons. The van der Waals surface area contributed by atoms with Gasteiger partial charge in [-0.2, -0.15) is 16.9 Å². The van der Waals surface area contributed by atoms with Gasteiger partial charge < -0.3 is 9.80 Å². The third kappa shape index (κ3) is 3.25. The molecule has 0 unspecified atom stereocenters. The van der Waals surface area contributed by atoms with Gasteiger partial charge in [0.15, 0.2) is 0 Å². The molecule has 0 saturated carbocycles. The van der Waals surface area contributed by atoms with Crippen LogP contribution >= 0.6 is 11.8 Å². The minimum atomic E-state index is 0.0377. The molecule has 27 heavy (non-hydrogen) atoms. The molecule has 5 rings (SSSR count). The summed E-state index contributed by atoms with van der Waals surface area (Å²) in [6.45, 7) is 4.51. The van der Waals surface area contributed by atoms with Crippen LogP contribution in [0.4, 0.5) is 5.82 Å². The molecule has 1 saturated heterocycles. The van der Waals surface area contributed by atoms with Crippen LogP contribution in [0.25, 0.3) is 0 Å². The molecule has 7 nitrogen and oxygen atoms in total. The lowest BCUT2D eigenvalue weighted by atomic mass is 9.98. The van der Waals surface area contributed by atoms with Crippen molar-refractivity contribution in [1.29, 1.82) is 0 Å². The standard InChI is InChI=1S/C19H24N6OS/c1-23-4-2-17-15(10-23)19(21-12-20-17)24-7-13(8-24)9-25-18(26)6-14-11-27-5-3-16(14)22-25/h6,12-13H,2-5,7-11H2,1H3. The van der Waals surface area contributed by atoms with E-state index in [0.717, 1.165) is 67.6 Å². The van der Waals surface area contributed by atoms with E-state index in [4.69, 9.17) is 0 Å². The van der Waals surface area contributed by atoms with Crippen LogP contribution < -0.4 is 10.5 Å². The lowest BCUT2D eigenvalue weighted by Gasteiger charge is -2.42. The average molecular weight is 385 g/mol. The molecule has 0 aromatic carbocycles. The first-order valence-electron chi connectivity index (χ1n) is 9.61. The van der Waals surface area contributed by atoms with Crippen molar-refractivity contribution in [1.82, 2.24) is 24.6 Å². The van der Waals surface area contributed by atoms with E-state index in [1.165, 1.54) is 11.3 Å². The summed E-state index contributed by atoms with van der Waals surface area (Å²) in [5.74, 6) is 3.54. The number of hydrogen-bond donors (Lipinski definition) is 0. The minimum Gasteiger partial charge on any atom is -0.355 e. The minimum absolute atomic E-state index is 0.0377. The highest BCUT2D eigenvalue weighted by atomic mass is 32.2. The van der Waals surface area contributed by atoms with Crippen LogP contribution in [0.1, 0.15) is 22.5 Å². The number of aryl methyl sites for hydroxylation is 1. The summed E-state index contributed by atoms with van der Waals surface area (Å²) >= 11 is 1.88. The Bertz CT molecular complexity index is 923. The number of fused-ring (bicyclic) bond motifs is 2. The van der Waals surface area contributed by atoms with E-state index in [1.807, 2.05) is 11.8 Å². The molecule has 0 amide bonds. The van der Waals surface area contributed by atoms with Crippen molar-refractivity contribution >= 4 is 17.6 Å². The molecule has 0 N–H and O–H groups in total. The zero-order chi connectivity index (χ0) is 18.4. The van der Waals surface area contributed by atoms with E-state index in [2.05, 4.69) is 31.9 Å². The van der Waals surface area contributed by atoms with E-state index in [-0.39, 0.29) is 5.56 Å². The van der Waals surface area contributed by atoms with E-state index in [1.54, 1.807) is 17.1 Å². The molecular weight excluding hydrogens is 360 g/mol. The molecule has 2 aromatic heterocycles. The number of nitrogens with zero attached hydrogens (tertiary/aromatic N) is 6. The molecule has 2 aromatic rings. The second-order valence-electron chi connectivity index (χ2n) is 7.82. The smallest absolute Gasteiger partial charge is 0.267 e. The summed E-state index contributed by atoms with van der Waals surface area (Å²) in [6, 6.07) is 1.79. The summed E-state index contributed by atoms with van der Waals surface area (Å²) in [4.78, 5) is 26.1. The van der Waals surface area contributed by atoms with Gasteiger partial charge >= 0.3 is 0 Å². The van der Waals surface area contributed by atoms with Crippen LogP contribution in [0.3, 0.4) is 0 Å². The van der Waals surface area contributed by atoms with Crippen molar-refractivity contribution < 1.29 is 0 Å². The molecule has 0 radical (unpaired) electrons. The molecule has 5 heterocycles. The number of thioether (sulfide) groups is 1. The maximum atomic E-state index is 12.4. The molecule has 1 fully saturated rings. The van der Waals surface area contributed by atoms with Gasteiger partial charge in [0.1, 0.15) is 12.1 Å². The van der Waals surface area contributed by atoms with Gasteiger partial charge in [0.2, 0.25) is 0 Å². The van der Waals surface area contributed by atoms with Crippen molar-refractivity contribution in [3.63, 3.8) is 0 Å². The van der Waals surface area contributed by atoms with Crippen molar-refractivity contribution in [3.8, 4) is 0 Å². The van der Waals surface area contributed by atoms with Gasteiger partial charge in [0.25, 0.3) is 5.56 Å². The Labute approximate surface area is 162 Å². The van der Waals surface area contributed by atoms with E-state index in [0.29, 0.717) is 12.5 Å². The highest BCUT2D eigenvalue weighted by Crippen LogP contribution is 2.30. The lowest BCUT2D eigenvalue weighted by molar-refractivity contribution is 0.302. The van der Waals surface area contributed by atoms with Gasteiger partial charge in [-0.25, -0.2) is 14.6 Å². The van der Waals surface area contributed by atoms with Gasteiger partial charge in [-0.05, 0) is 18.4 Å². The Kier molecular flexibility index (Phi) is 4.40. The van der Waals surface area contributed by atoms with Crippen LogP contribution in [-0.2, 0) is 31.7 Å². The molecule has 3 aliphatic heterocycles. The van der Waals surface area contributed by atoms with Crippen LogP contribution in [0, 0.1) is 5.92 Å². The van der Waals surface area contributed by atoms with E-state index >= 15 is 0 Å². The third-order valence-electron chi connectivity index (χ3n) is 5.76. The van der Waals surface area contributed by atoms with Crippen molar-refractivity contribution in [3.05, 3.63) is 45.3 Å². The summed E-state index contributed by atoms with van der Waals surface area (Å²) < 4.78 is 1.68. The first kappa shape index (κ1) is 17.2. The van der Waals surface area contributed by atoms with Gasteiger partial charge in [-0.15, -0.1) is 0 Å². The Morgan fingerprint density at radius 2 is 2.11 bits per heavy atom. The zero-order valence-electron chi connectivity index (χ0n) is 15.6. The summed E-state index contributed by atoms with van der Waals surface area (Å²) in [7, 11) is 2.14. The highest BCUT2D eigenvalue weighted by molar-refractivity contribution is 7.98. The second kappa shape index (κ2) is 6.91. The Morgan fingerprint density at radius 3 is 3.00 bits per heavy atom. The zero-order valence-corrected chi connectivity index (χ0v) is 16.4. The van der Waals surface area contributed by atoms with E-state index < -0.39 is 0 Å². The van der Waals surface area contributed by atoms with E-state index in [9.17, 15) is 4.79 Å². The maximum absolute atomic E-state index is 12.4. The first-order chi connectivity index (χ1) is 13.2. The first-order valence-corrected chi connectivity index (χ1v) is 10.8. The number of aromatic nitrogens is 4. The topological polar surface area (TPSA) is 67.2 Å². The third-order valence-corrected chi connectivity index (χ3v) is 6.77. The van der Waals surface area contributed by atoms with Crippen LogP contribution in [0.2, 0.25) is 0 Å². The highest BCUT2D eigenvalue weighted by Gasteiger charge is 2.32. The summed E-state index contributed by atoms with van der Waals surface area (Å²) in [5.41, 5.74) is 4.73. The number of rotatable bonds is 3. The van der Waals surface area contributed by atoms with Crippen LogP contribution in [0.15, 0.2) is 17.2 Å². The fraction of sp³-hybridized carbons (Fsp3) is 0.579. The fourth-order valence-corrected chi connectivity index (χ4v) is 5.17. The normalized spacial score (nSPS) is 20.1. The van der Waals surface area contributed by atoms with Crippen LogP contribution in [-0.4, -0.2) is 57.1 Å². The number of anilines is 1. The largest absolute Gasteiger partial charge is 0.355 e. The van der Waals surface area contributed by atoms with Crippen molar-refractivity contribution in [2.75, 3.05) is 37.3 Å². The van der Waals surface area contributed by atoms with Gasteiger partial charge in [0, 0.05) is 62.3 Å². The molecular formula is C19H24N6OS. The van der Waals surface area contributed by atoms with Gasteiger partial charge in [-0.3, -0.25) is 4.79 Å². The number of likely N-dealkylation sites (N-methyl/N-ethyl adjacent to an activating group) is 1. The van der Waals surface area contributed by atoms with Crippen LogP contribution in [0.5, 0.6) is 0 Å². The Balaban J connectivity index is 1.29. The SMILES string of the molecule is CN1CCc2ncnc(N3CC(Cn4nc5c(cc4=O)CSCC5)C3)c2C1. The van der Waals surface area contributed by atoms with Crippen molar-refractivity contribution in [2.24, 2.45) is 5.92 Å². The van der Waals surface area contributed by atoms with Crippen molar-refractivity contribution in [2.45, 2.75) is 31.7 Å². The molecule has 3 aliphatic rings. The maximum Gasteiger partial charge on any atom is 0.267 e. The monoisotopic (exact) mass is 384 g/mol. The quantitative estimate of drug-likeness (QED) is 0.780. The molecule has 0 bridgehead atoms. The molecule has 0 spiro atoms. The van der Waals surface area contributed by atoms with Gasteiger partial charge in [0.05, 0.1) is 17.9 Å². The predicted octanol–water partition coefficient (Wildman–Crippen LogP) is 0.947. The second-order valence-corrected chi connectivity index (χ2v) is 8.93. The number of hydrogen-bond acceptors (Lipinski definition) is 7. The van der Waals surface area contributed by atoms with Gasteiger partial charge in [-0.1, -0.05) is 0 Å². The molecule has 8 heteroatoms. The summed E-state index contributed by atoms with van der Waals surface area (Å²) in [6.07, 6.45) is 3.66. The Hall–Kier alpha value is -1.93. The predicted molar refractivity (Wildman–Crippen MR) is 106 cm³/mol. The Morgan fingerprint density at radius 1 is 1.22 bits per heavy atom. The summed E-state index contributed by atoms with van der Waals surface area (Å²) in [5, 5.41) is 4.65. The lowest BCUT2D eigenvalue weighted by Crippen LogP contribution is -2.51. The molecule has 0 aliphatic carbocycles. The fourth-order valence-electron chi connectivity index (χ4n) is 4.22. The average Bonchev–Trinajstić information content (AvgIpc) is 2.64. The molecule has 0 atom stereocenters.